The van der Waals surface area contributed by atoms with Gasteiger partial charge in [0, 0.05) is 38.6 Å². The first kappa shape index (κ1) is 12.8. The van der Waals surface area contributed by atoms with Gasteiger partial charge in [0.2, 0.25) is 0 Å². The lowest BCUT2D eigenvalue weighted by molar-refractivity contribution is 0.554. The smallest absolute Gasteiger partial charge is 0.0948 e. The molecule has 2 rings (SSSR count). The van der Waals surface area contributed by atoms with Crippen LogP contribution in [0.2, 0.25) is 0 Å². The van der Waals surface area contributed by atoms with Gasteiger partial charge in [-0.25, -0.2) is 4.98 Å². The second-order valence-corrected chi connectivity index (χ2v) is 4.89. The lowest BCUT2D eigenvalue weighted by Gasteiger charge is -2.10. The fourth-order valence-electron chi connectivity index (χ4n) is 1.86. The predicted molar refractivity (Wildman–Crippen MR) is 71.1 cm³/mol. The fourth-order valence-corrected chi connectivity index (χ4v) is 1.86. The molecule has 0 spiro atoms. The van der Waals surface area contributed by atoms with Crippen molar-refractivity contribution in [3.63, 3.8) is 0 Å². The number of imidazole rings is 1. The molecule has 18 heavy (non-hydrogen) atoms. The van der Waals surface area contributed by atoms with Gasteiger partial charge in [0.15, 0.2) is 0 Å². The summed E-state index contributed by atoms with van der Waals surface area (Å²) in [6.07, 6.45) is 8.79. The van der Waals surface area contributed by atoms with Crippen LogP contribution >= 0.6 is 0 Å². The topological polar surface area (TPSA) is 47.7 Å². The molecule has 0 atom stereocenters. The van der Waals surface area contributed by atoms with Gasteiger partial charge in [-0.2, -0.15) is 5.10 Å². The van der Waals surface area contributed by atoms with Crippen molar-refractivity contribution in [3.8, 4) is 0 Å². The highest BCUT2D eigenvalue weighted by molar-refractivity contribution is 5.05. The van der Waals surface area contributed by atoms with Crippen LogP contribution in [0.15, 0.2) is 24.9 Å². The average Bonchev–Trinajstić information content (AvgIpc) is 2.92. The molecule has 0 amide bonds. The molecule has 0 aromatic carbocycles. The van der Waals surface area contributed by atoms with Crippen LogP contribution in [0.4, 0.5) is 0 Å². The van der Waals surface area contributed by atoms with E-state index in [1.165, 1.54) is 11.3 Å². The van der Waals surface area contributed by atoms with Gasteiger partial charge in [-0.1, -0.05) is 13.8 Å². The second kappa shape index (κ2) is 5.82. The Bertz CT molecular complexity index is 483. The Labute approximate surface area is 108 Å². The predicted octanol–water partition coefficient (Wildman–Crippen LogP) is 1.36. The van der Waals surface area contributed by atoms with E-state index in [4.69, 9.17) is 0 Å². The van der Waals surface area contributed by atoms with Gasteiger partial charge in [0.25, 0.3) is 0 Å². The summed E-state index contributed by atoms with van der Waals surface area (Å²) in [6.45, 7) is 6.11. The van der Waals surface area contributed by atoms with Crippen LogP contribution in [0.1, 0.15) is 25.1 Å². The van der Waals surface area contributed by atoms with Crippen LogP contribution in [-0.2, 0) is 26.6 Å². The molecule has 0 aliphatic heterocycles. The molecule has 2 heterocycles. The Morgan fingerprint density at radius 1 is 1.33 bits per heavy atom. The highest BCUT2D eigenvalue weighted by Gasteiger charge is 2.04. The van der Waals surface area contributed by atoms with Gasteiger partial charge in [-0.05, 0) is 12.0 Å². The van der Waals surface area contributed by atoms with Crippen molar-refractivity contribution in [2.75, 3.05) is 0 Å². The normalized spacial score (nSPS) is 11.3. The van der Waals surface area contributed by atoms with Gasteiger partial charge < -0.3 is 9.88 Å². The van der Waals surface area contributed by atoms with E-state index in [1.54, 1.807) is 0 Å². The van der Waals surface area contributed by atoms with Crippen LogP contribution < -0.4 is 5.32 Å². The molecule has 0 radical (unpaired) electrons. The third-order valence-electron chi connectivity index (χ3n) is 2.89. The van der Waals surface area contributed by atoms with Crippen LogP contribution in [0.3, 0.4) is 0 Å². The molecular formula is C13H21N5. The Balaban J connectivity index is 1.91. The number of hydrogen-bond acceptors (Lipinski definition) is 3. The minimum Gasteiger partial charge on any atom is -0.333 e. The van der Waals surface area contributed by atoms with Crippen LogP contribution in [0.25, 0.3) is 0 Å². The number of hydrogen-bond donors (Lipinski definition) is 1. The van der Waals surface area contributed by atoms with Crippen molar-refractivity contribution >= 4 is 0 Å². The molecule has 98 valence electrons. The lowest BCUT2D eigenvalue weighted by Crippen LogP contribution is -2.23. The van der Waals surface area contributed by atoms with Gasteiger partial charge in [-0.3, -0.25) is 4.68 Å². The van der Waals surface area contributed by atoms with E-state index >= 15 is 0 Å². The summed E-state index contributed by atoms with van der Waals surface area (Å²) >= 11 is 0. The molecule has 0 saturated carbocycles. The van der Waals surface area contributed by atoms with Crippen molar-refractivity contribution in [1.82, 2.24) is 24.6 Å². The summed E-state index contributed by atoms with van der Waals surface area (Å²) in [5.41, 5.74) is 2.49. The van der Waals surface area contributed by atoms with E-state index in [2.05, 4.69) is 40.0 Å². The summed E-state index contributed by atoms with van der Waals surface area (Å²) in [7, 11) is 1.94. The van der Waals surface area contributed by atoms with E-state index in [9.17, 15) is 0 Å². The molecule has 0 fully saturated rings. The van der Waals surface area contributed by atoms with E-state index in [1.807, 2.05) is 30.5 Å². The maximum atomic E-state index is 4.22. The molecule has 0 saturated heterocycles. The zero-order chi connectivity index (χ0) is 13.0. The van der Waals surface area contributed by atoms with Gasteiger partial charge in [0.1, 0.15) is 0 Å². The maximum absolute atomic E-state index is 4.22. The SMILES string of the molecule is CC(C)NCc1cncn1CCc1cnn(C)c1. The largest absolute Gasteiger partial charge is 0.333 e. The standard InChI is InChI=1S/C13H21N5/c1-11(2)15-8-13-7-14-10-18(13)5-4-12-6-16-17(3)9-12/h6-7,9-11,15H,4-5,8H2,1-3H3. The quantitative estimate of drug-likeness (QED) is 0.838. The summed E-state index contributed by atoms with van der Waals surface area (Å²) in [5.74, 6) is 0. The first-order valence-corrected chi connectivity index (χ1v) is 6.35. The average molecular weight is 247 g/mol. The highest BCUT2D eigenvalue weighted by atomic mass is 15.2. The highest BCUT2D eigenvalue weighted by Crippen LogP contribution is 2.04. The first-order valence-electron chi connectivity index (χ1n) is 6.35. The third kappa shape index (κ3) is 3.43. The van der Waals surface area contributed by atoms with Crippen LogP contribution in [0.5, 0.6) is 0 Å². The number of aryl methyl sites for hydroxylation is 3. The Kier molecular flexibility index (Phi) is 4.15. The maximum Gasteiger partial charge on any atom is 0.0948 e. The van der Waals surface area contributed by atoms with Crippen molar-refractivity contribution in [1.29, 1.82) is 0 Å². The fraction of sp³-hybridized carbons (Fsp3) is 0.538. The van der Waals surface area contributed by atoms with E-state index in [0.717, 1.165) is 19.5 Å². The van der Waals surface area contributed by atoms with Gasteiger partial charge >= 0.3 is 0 Å². The summed E-state index contributed by atoms with van der Waals surface area (Å²) in [5, 5.41) is 7.59. The summed E-state index contributed by atoms with van der Waals surface area (Å²) in [4.78, 5) is 4.22. The first-order chi connectivity index (χ1) is 8.65. The minimum atomic E-state index is 0.492. The molecule has 0 aliphatic rings. The van der Waals surface area contributed by atoms with E-state index < -0.39 is 0 Å². The Morgan fingerprint density at radius 2 is 2.17 bits per heavy atom. The molecule has 2 aromatic rings. The lowest BCUT2D eigenvalue weighted by atomic mass is 10.2. The van der Waals surface area contributed by atoms with Crippen molar-refractivity contribution in [2.24, 2.45) is 7.05 Å². The molecule has 2 aromatic heterocycles. The molecule has 5 heteroatoms. The van der Waals surface area contributed by atoms with Crippen molar-refractivity contribution in [3.05, 3.63) is 36.2 Å². The second-order valence-electron chi connectivity index (χ2n) is 4.89. The number of aromatic nitrogens is 4. The van der Waals surface area contributed by atoms with Gasteiger partial charge in [0.05, 0.1) is 18.2 Å². The summed E-state index contributed by atoms with van der Waals surface area (Å²) < 4.78 is 4.03. The number of nitrogens with one attached hydrogen (secondary N) is 1. The summed E-state index contributed by atoms with van der Waals surface area (Å²) in [6, 6.07) is 0.492. The zero-order valence-corrected chi connectivity index (χ0v) is 11.3. The Hall–Kier alpha value is -1.62. The molecule has 1 N–H and O–H groups in total. The van der Waals surface area contributed by atoms with E-state index in [-0.39, 0.29) is 0 Å². The van der Waals surface area contributed by atoms with Crippen LogP contribution in [-0.4, -0.2) is 25.4 Å². The van der Waals surface area contributed by atoms with E-state index in [0.29, 0.717) is 6.04 Å². The molecule has 0 aliphatic carbocycles. The number of rotatable bonds is 6. The Morgan fingerprint density at radius 3 is 2.83 bits per heavy atom. The molecular weight excluding hydrogens is 226 g/mol. The molecule has 5 nitrogen and oxygen atoms in total. The molecule has 0 bridgehead atoms. The van der Waals surface area contributed by atoms with Crippen LogP contribution in [0, 0.1) is 0 Å². The molecule has 0 unspecified atom stereocenters. The zero-order valence-electron chi connectivity index (χ0n) is 11.3. The van der Waals surface area contributed by atoms with Crippen molar-refractivity contribution in [2.45, 2.75) is 39.4 Å². The third-order valence-corrected chi connectivity index (χ3v) is 2.89. The van der Waals surface area contributed by atoms with Crippen molar-refractivity contribution < 1.29 is 0 Å². The number of nitrogens with zero attached hydrogens (tertiary/aromatic N) is 4. The monoisotopic (exact) mass is 247 g/mol. The van der Waals surface area contributed by atoms with Gasteiger partial charge in [-0.15, -0.1) is 0 Å². The minimum absolute atomic E-state index is 0.492.